The smallest absolute Gasteiger partial charge is 0.261 e. The maximum absolute atomic E-state index is 13.1. The minimum atomic E-state index is -0.570. The van der Waals surface area contributed by atoms with Gasteiger partial charge in [-0.1, -0.05) is 115 Å². The molecule has 0 aliphatic carbocycles. The molecular formula is C41H38N2O5. The summed E-state index contributed by atoms with van der Waals surface area (Å²) in [7, 11) is 2.11. The van der Waals surface area contributed by atoms with Crippen LogP contribution < -0.4 is 0 Å². The molecule has 5 aromatic rings. The summed E-state index contributed by atoms with van der Waals surface area (Å²) in [5.41, 5.74) is 7.77. The lowest BCUT2D eigenvalue weighted by Crippen LogP contribution is -2.37. The van der Waals surface area contributed by atoms with Gasteiger partial charge < -0.3 is 14.6 Å². The van der Waals surface area contributed by atoms with Crippen LogP contribution >= 0.6 is 0 Å². The van der Waals surface area contributed by atoms with Gasteiger partial charge in [-0.15, -0.1) is 0 Å². The van der Waals surface area contributed by atoms with Crippen molar-refractivity contribution in [1.29, 1.82) is 0 Å². The van der Waals surface area contributed by atoms with Crippen LogP contribution in [0.2, 0.25) is 0 Å². The predicted octanol–water partition coefficient (Wildman–Crippen LogP) is 7.32. The molecule has 2 aliphatic heterocycles. The second kappa shape index (κ2) is 14.1. The van der Waals surface area contributed by atoms with E-state index in [1.54, 1.807) is 24.3 Å². The molecule has 7 nitrogen and oxygen atoms in total. The summed E-state index contributed by atoms with van der Waals surface area (Å²) >= 11 is 0. The van der Waals surface area contributed by atoms with Crippen LogP contribution in [0, 0.1) is 0 Å². The first-order valence-electron chi connectivity index (χ1n) is 16.3. The molecular weight excluding hydrogens is 600 g/mol. The molecule has 7 rings (SSSR count). The fourth-order valence-corrected chi connectivity index (χ4v) is 6.65. The Morgan fingerprint density at radius 1 is 0.688 bits per heavy atom. The van der Waals surface area contributed by atoms with E-state index in [2.05, 4.69) is 36.2 Å². The summed E-state index contributed by atoms with van der Waals surface area (Å²) in [4.78, 5) is 29.8. The van der Waals surface area contributed by atoms with E-state index in [4.69, 9.17) is 9.47 Å². The molecule has 2 aliphatic rings. The molecule has 3 unspecified atom stereocenters. The molecule has 7 heteroatoms. The molecule has 48 heavy (non-hydrogen) atoms. The monoisotopic (exact) mass is 638 g/mol. The van der Waals surface area contributed by atoms with E-state index < -0.39 is 6.29 Å². The van der Waals surface area contributed by atoms with Gasteiger partial charge in [-0.05, 0) is 52.6 Å². The molecule has 1 fully saturated rings. The summed E-state index contributed by atoms with van der Waals surface area (Å²) in [6.07, 6.45) is -0.108. The van der Waals surface area contributed by atoms with Crippen molar-refractivity contribution in [1.82, 2.24) is 9.80 Å². The van der Waals surface area contributed by atoms with Crippen molar-refractivity contribution in [3.63, 3.8) is 0 Å². The van der Waals surface area contributed by atoms with Crippen LogP contribution in [0.25, 0.3) is 11.1 Å². The van der Waals surface area contributed by atoms with Crippen LogP contribution in [0.1, 0.15) is 67.3 Å². The lowest BCUT2D eigenvalue weighted by atomic mass is 9.97. The van der Waals surface area contributed by atoms with Crippen LogP contribution in [0.3, 0.4) is 0 Å². The first kappa shape index (κ1) is 31.7. The number of carbonyl (C=O) groups is 2. The fourth-order valence-electron chi connectivity index (χ4n) is 6.65. The van der Waals surface area contributed by atoms with Crippen LogP contribution in [-0.2, 0) is 29.2 Å². The lowest BCUT2D eigenvalue weighted by molar-refractivity contribution is -0.252. The maximum atomic E-state index is 13.1. The highest BCUT2D eigenvalue weighted by Gasteiger charge is 2.36. The fraction of sp³-hybridized carbons (Fsp3) is 0.220. The van der Waals surface area contributed by atoms with Crippen molar-refractivity contribution in [3.05, 3.63) is 166 Å². The number of nitrogens with zero attached hydrogens (tertiary/aromatic N) is 2. The highest BCUT2D eigenvalue weighted by molar-refractivity contribution is 6.21. The Hall–Kier alpha value is -4.92. The van der Waals surface area contributed by atoms with Crippen LogP contribution in [-0.4, -0.2) is 46.4 Å². The van der Waals surface area contributed by atoms with Crippen molar-refractivity contribution < 1.29 is 24.2 Å². The van der Waals surface area contributed by atoms with Gasteiger partial charge in [-0.3, -0.25) is 19.4 Å². The van der Waals surface area contributed by atoms with Crippen LogP contribution in [0.15, 0.2) is 127 Å². The highest BCUT2D eigenvalue weighted by Crippen LogP contribution is 2.39. The Kier molecular flexibility index (Phi) is 9.27. The molecule has 2 amide bonds. The van der Waals surface area contributed by atoms with E-state index in [0.29, 0.717) is 17.5 Å². The summed E-state index contributed by atoms with van der Waals surface area (Å²) in [5.74, 6) is -0.534. The number of aliphatic hydroxyl groups is 1. The molecule has 1 N–H and O–H groups in total. The van der Waals surface area contributed by atoms with Crippen molar-refractivity contribution in [3.8, 4) is 11.1 Å². The largest absolute Gasteiger partial charge is 0.392 e. The van der Waals surface area contributed by atoms with E-state index in [-0.39, 0.29) is 37.2 Å². The molecule has 5 aromatic carbocycles. The molecule has 0 saturated carbocycles. The summed E-state index contributed by atoms with van der Waals surface area (Å²) in [6, 6.07) is 41.3. The second-order valence-corrected chi connectivity index (χ2v) is 12.6. The number of rotatable bonds is 10. The van der Waals surface area contributed by atoms with Gasteiger partial charge in [0.15, 0.2) is 6.29 Å². The van der Waals surface area contributed by atoms with E-state index in [0.717, 1.165) is 46.5 Å². The zero-order valence-electron chi connectivity index (χ0n) is 26.9. The first-order chi connectivity index (χ1) is 23.5. The highest BCUT2D eigenvalue weighted by atomic mass is 16.7. The number of fused-ring (bicyclic) bond motifs is 1. The van der Waals surface area contributed by atoms with Crippen LogP contribution in [0.5, 0.6) is 0 Å². The van der Waals surface area contributed by atoms with Gasteiger partial charge >= 0.3 is 0 Å². The topological polar surface area (TPSA) is 79.3 Å². The van der Waals surface area contributed by atoms with Crippen molar-refractivity contribution in [2.45, 2.75) is 44.6 Å². The second-order valence-electron chi connectivity index (χ2n) is 12.6. The van der Waals surface area contributed by atoms with Gasteiger partial charge in [-0.25, -0.2) is 0 Å². The molecule has 0 aromatic heterocycles. The van der Waals surface area contributed by atoms with Gasteiger partial charge in [0.2, 0.25) is 0 Å². The Labute approximate surface area is 281 Å². The average molecular weight is 639 g/mol. The number of imide groups is 1. The summed E-state index contributed by atoms with van der Waals surface area (Å²) in [5, 5.41) is 9.56. The van der Waals surface area contributed by atoms with Crippen molar-refractivity contribution >= 4 is 11.8 Å². The number of ether oxygens (including phenoxy) is 2. The third kappa shape index (κ3) is 6.72. The molecule has 242 valence electrons. The number of likely N-dealkylation sites (N-methyl/N-ethyl adjacent to an activating group) is 1. The quantitative estimate of drug-likeness (QED) is 0.162. The predicted molar refractivity (Wildman–Crippen MR) is 184 cm³/mol. The van der Waals surface area contributed by atoms with Gasteiger partial charge in [-0.2, -0.15) is 0 Å². The zero-order valence-corrected chi connectivity index (χ0v) is 26.9. The van der Waals surface area contributed by atoms with Gasteiger partial charge in [0.1, 0.15) is 0 Å². The van der Waals surface area contributed by atoms with E-state index in [1.165, 1.54) is 10.5 Å². The maximum Gasteiger partial charge on any atom is 0.261 e. The molecule has 0 spiro atoms. The third-order valence-corrected chi connectivity index (χ3v) is 9.14. The van der Waals surface area contributed by atoms with Crippen molar-refractivity contribution in [2.75, 3.05) is 13.6 Å². The summed E-state index contributed by atoms with van der Waals surface area (Å²) < 4.78 is 13.2. The normalized spacial score (nSPS) is 19.1. The minimum absolute atomic E-state index is 0.00177. The van der Waals surface area contributed by atoms with Crippen molar-refractivity contribution in [2.24, 2.45) is 0 Å². The molecule has 1 saturated heterocycles. The number of hydrogen-bond acceptors (Lipinski definition) is 6. The Bertz CT molecular complexity index is 1860. The summed E-state index contributed by atoms with van der Waals surface area (Å²) in [6.45, 7) is 1.74. The number of hydrogen-bond donors (Lipinski definition) is 1. The number of aliphatic hydroxyl groups excluding tert-OH is 1. The standard InChI is InChI=1S/C41H38N2O5/c1-42(24-28-9-3-2-4-10-28)26-34-23-38(31-17-15-29(27-44)16-18-31)48-41(47-34)32-21-19-30(20-22-32)35-12-6-5-11-33(35)25-43-39(45)36-13-7-8-14-37(36)40(43)46/h2-22,34,38,41,44H,23-27H2,1H3. The Morgan fingerprint density at radius 3 is 1.96 bits per heavy atom. The van der Waals surface area contributed by atoms with Crippen LogP contribution in [0.4, 0.5) is 0 Å². The Balaban J connectivity index is 1.11. The molecule has 2 heterocycles. The number of amides is 2. The van der Waals surface area contributed by atoms with Gasteiger partial charge in [0.05, 0.1) is 36.5 Å². The first-order valence-corrected chi connectivity index (χ1v) is 16.3. The number of carbonyl (C=O) groups excluding carboxylic acids is 2. The Morgan fingerprint density at radius 2 is 1.29 bits per heavy atom. The average Bonchev–Trinajstić information content (AvgIpc) is 3.37. The van der Waals surface area contributed by atoms with Gasteiger partial charge in [0, 0.05) is 25.1 Å². The van der Waals surface area contributed by atoms with E-state index in [9.17, 15) is 14.7 Å². The van der Waals surface area contributed by atoms with E-state index >= 15 is 0 Å². The molecule has 0 radical (unpaired) electrons. The number of benzene rings is 5. The minimum Gasteiger partial charge on any atom is -0.392 e. The molecule has 3 atom stereocenters. The SMILES string of the molecule is CN(Cc1ccccc1)CC1CC(c2ccc(CO)cc2)OC(c2ccc(-c3ccccc3CN3C(=O)c4ccccc4C3=O)cc2)O1. The van der Waals surface area contributed by atoms with Gasteiger partial charge in [0.25, 0.3) is 11.8 Å². The van der Waals surface area contributed by atoms with E-state index in [1.807, 2.05) is 78.9 Å². The zero-order chi connectivity index (χ0) is 33.0. The lowest BCUT2D eigenvalue weighted by Gasteiger charge is -2.38. The molecule has 0 bridgehead atoms. The third-order valence-electron chi connectivity index (χ3n) is 9.14.